The summed E-state index contributed by atoms with van der Waals surface area (Å²) >= 11 is 11.5. The molecule has 0 amide bonds. The first-order valence-corrected chi connectivity index (χ1v) is 5.03. The van der Waals surface area contributed by atoms with E-state index >= 15 is 0 Å². The van der Waals surface area contributed by atoms with Crippen molar-refractivity contribution in [1.29, 1.82) is 0 Å². The van der Waals surface area contributed by atoms with Gasteiger partial charge in [0.25, 0.3) is 0 Å². The van der Waals surface area contributed by atoms with Crippen LogP contribution in [0.5, 0.6) is 5.75 Å². The average molecular weight is 249 g/mol. The van der Waals surface area contributed by atoms with Gasteiger partial charge in [0.2, 0.25) is 0 Å². The minimum Gasteiger partial charge on any atom is -0.493 e. The maximum absolute atomic E-state index is 10.8. The Morgan fingerprint density at radius 1 is 1.27 bits per heavy atom. The summed E-state index contributed by atoms with van der Waals surface area (Å²) in [5, 5.41) is 0.992. The normalized spacial score (nSPS) is 9.80. The summed E-state index contributed by atoms with van der Waals surface area (Å²) in [5.74, 6) is 0.222. The second-order valence-electron chi connectivity index (χ2n) is 2.78. The standard InChI is InChI=1S/C10H10Cl2O3/c1-14-10(13)2-3-15-9-5-7(11)4-8(12)6-9/h4-6H,2-3H2,1H3. The third-order valence-electron chi connectivity index (χ3n) is 1.64. The van der Waals surface area contributed by atoms with Crippen molar-refractivity contribution in [3.63, 3.8) is 0 Å². The number of ether oxygens (including phenoxy) is 2. The zero-order valence-corrected chi connectivity index (χ0v) is 9.64. The number of esters is 1. The van der Waals surface area contributed by atoms with Gasteiger partial charge in [-0.1, -0.05) is 23.2 Å². The molecule has 0 unspecified atom stereocenters. The SMILES string of the molecule is COC(=O)CCOc1cc(Cl)cc(Cl)c1. The van der Waals surface area contributed by atoms with Crippen molar-refractivity contribution >= 4 is 29.2 Å². The van der Waals surface area contributed by atoms with E-state index in [-0.39, 0.29) is 19.0 Å². The fourth-order valence-corrected chi connectivity index (χ4v) is 1.47. The molecule has 1 rings (SSSR count). The van der Waals surface area contributed by atoms with E-state index in [1.165, 1.54) is 7.11 Å². The minimum atomic E-state index is -0.317. The summed E-state index contributed by atoms with van der Waals surface area (Å²) in [6.45, 7) is 0.239. The van der Waals surface area contributed by atoms with Gasteiger partial charge in [0, 0.05) is 10.0 Å². The first kappa shape index (κ1) is 12.1. The molecule has 0 fully saturated rings. The fourth-order valence-electron chi connectivity index (χ4n) is 0.966. The predicted molar refractivity (Wildman–Crippen MR) is 58.6 cm³/mol. The van der Waals surface area contributed by atoms with Crippen LogP contribution in [0.15, 0.2) is 18.2 Å². The van der Waals surface area contributed by atoms with Crippen LogP contribution >= 0.6 is 23.2 Å². The molecule has 5 heteroatoms. The number of halogens is 2. The average Bonchev–Trinajstić information content (AvgIpc) is 2.16. The van der Waals surface area contributed by atoms with Crippen LogP contribution in [-0.2, 0) is 9.53 Å². The molecule has 0 radical (unpaired) electrons. The summed E-state index contributed by atoms with van der Waals surface area (Å²) < 4.78 is 9.73. The lowest BCUT2D eigenvalue weighted by Crippen LogP contribution is -2.07. The molecule has 82 valence electrons. The van der Waals surface area contributed by atoms with E-state index in [9.17, 15) is 4.79 Å². The van der Waals surface area contributed by atoms with Crippen molar-refractivity contribution in [1.82, 2.24) is 0 Å². The van der Waals surface area contributed by atoms with Gasteiger partial charge in [0.15, 0.2) is 0 Å². The van der Waals surface area contributed by atoms with E-state index in [2.05, 4.69) is 4.74 Å². The molecule has 1 aromatic rings. The summed E-state index contributed by atoms with van der Waals surface area (Å²) in [4.78, 5) is 10.8. The highest BCUT2D eigenvalue weighted by Crippen LogP contribution is 2.24. The van der Waals surface area contributed by atoms with Crippen LogP contribution in [0.25, 0.3) is 0 Å². The summed E-state index contributed by atoms with van der Waals surface area (Å²) in [7, 11) is 1.33. The molecular weight excluding hydrogens is 239 g/mol. The highest BCUT2D eigenvalue weighted by atomic mass is 35.5. The van der Waals surface area contributed by atoms with Crippen LogP contribution in [0.4, 0.5) is 0 Å². The Morgan fingerprint density at radius 3 is 2.40 bits per heavy atom. The summed E-state index contributed by atoms with van der Waals surface area (Å²) in [6, 6.07) is 4.87. The molecule has 0 heterocycles. The van der Waals surface area contributed by atoms with E-state index in [1.807, 2.05) is 0 Å². The van der Waals surface area contributed by atoms with Crippen LogP contribution in [0.1, 0.15) is 6.42 Å². The number of carbonyl (C=O) groups is 1. The topological polar surface area (TPSA) is 35.5 Å². The van der Waals surface area contributed by atoms with Gasteiger partial charge in [-0.2, -0.15) is 0 Å². The van der Waals surface area contributed by atoms with Gasteiger partial charge in [-0.15, -0.1) is 0 Å². The number of rotatable bonds is 4. The Hall–Kier alpha value is -0.930. The molecule has 0 aliphatic heterocycles. The van der Waals surface area contributed by atoms with Crippen LogP contribution in [-0.4, -0.2) is 19.7 Å². The molecule has 0 saturated carbocycles. The monoisotopic (exact) mass is 248 g/mol. The van der Waals surface area contributed by atoms with Crippen molar-refractivity contribution in [2.24, 2.45) is 0 Å². The lowest BCUT2D eigenvalue weighted by Gasteiger charge is -2.06. The van der Waals surface area contributed by atoms with Crippen LogP contribution < -0.4 is 4.74 Å². The number of carbonyl (C=O) groups excluding carboxylic acids is 1. The third kappa shape index (κ3) is 4.40. The molecule has 0 bridgehead atoms. The number of hydrogen-bond donors (Lipinski definition) is 0. The molecule has 0 aliphatic carbocycles. The van der Waals surface area contributed by atoms with Crippen molar-refractivity contribution in [2.45, 2.75) is 6.42 Å². The van der Waals surface area contributed by atoms with E-state index in [0.717, 1.165) is 0 Å². The zero-order valence-electron chi connectivity index (χ0n) is 8.13. The Labute approximate surface area is 97.9 Å². The van der Waals surface area contributed by atoms with Crippen molar-refractivity contribution < 1.29 is 14.3 Å². The molecule has 15 heavy (non-hydrogen) atoms. The number of benzene rings is 1. The first-order chi connectivity index (χ1) is 7.11. The van der Waals surface area contributed by atoms with Crippen LogP contribution in [0.2, 0.25) is 10.0 Å². The Kier molecular flexibility index (Phi) is 4.72. The van der Waals surface area contributed by atoms with E-state index in [1.54, 1.807) is 18.2 Å². The van der Waals surface area contributed by atoms with Crippen molar-refractivity contribution in [2.75, 3.05) is 13.7 Å². The maximum Gasteiger partial charge on any atom is 0.308 e. The van der Waals surface area contributed by atoms with Gasteiger partial charge < -0.3 is 9.47 Å². The quantitative estimate of drug-likeness (QED) is 0.769. The van der Waals surface area contributed by atoms with E-state index < -0.39 is 0 Å². The predicted octanol–water partition coefficient (Wildman–Crippen LogP) is 2.94. The molecule has 3 nitrogen and oxygen atoms in total. The molecule has 0 saturated heterocycles. The fraction of sp³-hybridized carbons (Fsp3) is 0.300. The molecule has 0 aliphatic rings. The van der Waals surface area contributed by atoms with E-state index in [0.29, 0.717) is 15.8 Å². The van der Waals surface area contributed by atoms with Crippen molar-refractivity contribution in [3.05, 3.63) is 28.2 Å². The maximum atomic E-state index is 10.8. The third-order valence-corrected chi connectivity index (χ3v) is 2.08. The smallest absolute Gasteiger partial charge is 0.308 e. The number of methoxy groups -OCH3 is 1. The van der Waals surface area contributed by atoms with Gasteiger partial charge in [-0.05, 0) is 18.2 Å². The lowest BCUT2D eigenvalue weighted by atomic mass is 10.3. The van der Waals surface area contributed by atoms with Crippen LogP contribution in [0.3, 0.4) is 0 Å². The number of hydrogen-bond acceptors (Lipinski definition) is 3. The second kappa shape index (κ2) is 5.83. The molecule has 0 atom stereocenters. The van der Waals surface area contributed by atoms with Gasteiger partial charge in [-0.3, -0.25) is 4.79 Å². The molecular formula is C10H10Cl2O3. The first-order valence-electron chi connectivity index (χ1n) is 4.27. The highest BCUT2D eigenvalue weighted by Gasteiger charge is 2.02. The Morgan fingerprint density at radius 2 is 1.87 bits per heavy atom. The molecule has 1 aromatic carbocycles. The summed E-state index contributed by atoms with van der Waals surface area (Å²) in [6.07, 6.45) is 0.195. The molecule has 0 N–H and O–H groups in total. The molecule has 0 aromatic heterocycles. The van der Waals surface area contributed by atoms with Gasteiger partial charge in [0.05, 0.1) is 20.1 Å². The zero-order chi connectivity index (χ0) is 11.3. The van der Waals surface area contributed by atoms with Crippen molar-refractivity contribution in [3.8, 4) is 5.75 Å². The largest absolute Gasteiger partial charge is 0.493 e. The Balaban J connectivity index is 2.47. The van der Waals surface area contributed by atoms with Gasteiger partial charge >= 0.3 is 5.97 Å². The molecule has 0 spiro atoms. The minimum absolute atomic E-state index is 0.195. The van der Waals surface area contributed by atoms with Crippen LogP contribution in [0, 0.1) is 0 Å². The van der Waals surface area contributed by atoms with Gasteiger partial charge in [0.1, 0.15) is 5.75 Å². The highest BCUT2D eigenvalue weighted by molar-refractivity contribution is 6.34. The Bertz CT molecular complexity index is 332. The van der Waals surface area contributed by atoms with E-state index in [4.69, 9.17) is 27.9 Å². The second-order valence-corrected chi connectivity index (χ2v) is 3.65. The van der Waals surface area contributed by atoms with Gasteiger partial charge in [-0.25, -0.2) is 0 Å². The summed E-state index contributed by atoms with van der Waals surface area (Å²) in [5.41, 5.74) is 0. The lowest BCUT2D eigenvalue weighted by molar-refractivity contribution is -0.141.